The Labute approximate surface area is 107 Å². The maximum atomic E-state index is 13.3. The Morgan fingerprint density at radius 3 is 2.67 bits per heavy atom. The van der Waals surface area contributed by atoms with Crippen molar-refractivity contribution in [2.24, 2.45) is 11.7 Å². The number of aryl methyl sites for hydroxylation is 1. The van der Waals surface area contributed by atoms with Crippen molar-refractivity contribution in [2.75, 3.05) is 0 Å². The summed E-state index contributed by atoms with van der Waals surface area (Å²) in [7, 11) is 0. The summed E-state index contributed by atoms with van der Waals surface area (Å²) in [5.74, 6) is -2.51. The van der Waals surface area contributed by atoms with Gasteiger partial charge in [0, 0.05) is 18.9 Å². The van der Waals surface area contributed by atoms with E-state index in [1.165, 1.54) is 5.56 Å². The Morgan fingerprint density at radius 1 is 1.28 bits per heavy atom. The van der Waals surface area contributed by atoms with Gasteiger partial charge in [-0.15, -0.1) is 0 Å². The zero-order valence-corrected chi connectivity index (χ0v) is 10.6. The number of hydrogen-bond acceptors (Lipinski definition) is 1. The van der Waals surface area contributed by atoms with Crippen LogP contribution in [0.2, 0.25) is 0 Å². The first-order valence-electron chi connectivity index (χ1n) is 6.74. The molecule has 0 aromatic heterocycles. The lowest BCUT2D eigenvalue weighted by molar-refractivity contribution is -0.0564. The molecule has 0 aliphatic heterocycles. The average Bonchev–Trinajstić information content (AvgIpc) is 2.36. The molecular formula is C15H21F2N. The molecule has 2 unspecified atom stereocenters. The Kier molecular flexibility index (Phi) is 4.33. The van der Waals surface area contributed by atoms with E-state index in [4.69, 9.17) is 5.73 Å². The lowest BCUT2D eigenvalue weighted by Crippen LogP contribution is -2.38. The van der Waals surface area contributed by atoms with E-state index in [1.807, 2.05) is 18.2 Å². The van der Waals surface area contributed by atoms with Gasteiger partial charge in [0.25, 0.3) is 0 Å². The van der Waals surface area contributed by atoms with Crippen LogP contribution in [0.15, 0.2) is 30.3 Å². The van der Waals surface area contributed by atoms with Crippen LogP contribution in [-0.2, 0) is 6.42 Å². The number of hydrogen-bond donors (Lipinski definition) is 1. The fraction of sp³-hybridized carbons (Fsp3) is 0.600. The molecule has 2 rings (SSSR count). The van der Waals surface area contributed by atoms with Crippen molar-refractivity contribution < 1.29 is 8.78 Å². The van der Waals surface area contributed by atoms with Crippen LogP contribution in [0.25, 0.3) is 0 Å². The van der Waals surface area contributed by atoms with Gasteiger partial charge >= 0.3 is 0 Å². The van der Waals surface area contributed by atoms with Gasteiger partial charge in [0.1, 0.15) is 0 Å². The highest BCUT2D eigenvalue weighted by Crippen LogP contribution is 2.38. The predicted octanol–water partition coefficient (Wildman–Crippen LogP) is 3.77. The second-order valence-electron chi connectivity index (χ2n) is 5.40. The first-order chi connectivity index (χ1) is 8.57. The molecule has 0 saturated heterocycles. The summed E-state index contributed by atoms with van der Waals surface area (Å²) < 4.78 is 26.6. The molecule has 1 nitrogen and oxygen atoms in total. The van der Waals surface area contributed by atoms with Gasteiger partial charge in [-0.1, -0.05) is 30.3 Å². The van der Waals surface area contributed by atoms with Gasteiger partial charge in [-0.3, -0.25) is 0 Å². The van der Waals surface area contributed by atoms with Gasteiger partial charge in [0.15, 0.2) is 0 Å². The summed E-state index contributed by atoms with van der Waals surface area (Å²) in [6.45, 7) is 0. The lowest BCUT2D eigenvalue weighted by atomic mass is 9.80. The summed E-state index contributed by atoms with van der Waals surface area (Å²) >= 11 is 0. The van der Waals surface area contributed by atoms with E-state index in [0.717, 1.165) is 19.3 Å². The van der Waals surface area contributed by atoms with Crippen molar-refractivity contribution in [2.45, 2.75) is 50.5 Å². The van der Waals surface area contributed by atoms with Gasteiger partial charge in [-0.05, 0) is 37.2 Å². The van der Waals surface area contributed by atoms with Crippen LogP contribution in [0.4, 0.5) is 8.78 Å². The predicted molar refractivity (Wildman–Crippen MR) is 69.6 cm³/mol. The fourth-order valence-electron chi connectivity index (χ4n) is 2.79. The minimum Gasteiger partial charge on any atom is -0.327 e. The molecule has 1 aliphatic carbocycles. The monoisotopic (exact) mass is 253 g/mol. The largest absolute Gasteiger partial charge is 0.327 e. The topological polar surface area (TPSA) is 26.0 Å². The van der Waals surface area contributed by atoms with Crippen molar-refractivity contribution in [3.63, 3.8) is 0 Å². The third-order valence-electron chi connectivity index (χ3n) is 3.89. The van der Waals surface area contributed by atoms with Gasteiger partial charge in [-0.25, -0.2) is 8.78 Å². The smallest absolute Gasteiger partial charge is 0.248 e. The van der Waals surface area contributed by atoms with Crippen LogP contribution >= 0.6 is 0 Å². The molecule has 0 amide bonds. The maximum Gasteiger partial charge on any atom is 0.248 e. The molecule has 0 radical (unpaired) electrons. The highest BCUT2D eigenvalue weighted by atomic mass is 19.3. The van der Waals surface area contributed by atoms with E-state index >= 15 is 0 Å². The molecule has 3 heteroatoms. The van der Waals surface area contributed by atoms with E-state index < -0.39 is 5.92 Å². The molecule has 100 valence electrons. The molecule has 0 heterocycles. The second kappa shape index (κ2) is 5.79. The molecule has 1 saturated carbocycles. The van der Waals surface area contributed by atoms with Gasteiger partial charge in [-0.2, -0.15) is 0 Å². The Morgan fingerprint density at radius 2 is 2.00 bits per heavy atom. The minimum atomic E-state index is -2.49. The third kappa shape index (κ3) is 3.77. The normalized spacial score (nSPS) is 24.7. The van der Waals surface area contributed by atoms with Crippen LogP contribution in [0.3, 0.4) is 0 Å². The molecule has 1 aromatic rings. The molecule has 0 spiro atoms. The fourth-order valence-corrected chi connectivity index (χ4v) is 2.79. The second-order valence-corrected chi connectivity index (χ2v) is 5.40. The first-order valence-corrected chi connectivity index (χ1v) is 6.74. The van der Waals surface area contributed by atoms with Crippen molar-refractivity contribution >= 4 is 0 Å². The summed E-state index contributed by atoms with van der Waals surface area (Å²) in [6.07, 6.45) is 3.15. The highest BCUT2D eigenvalue weighted by molar-refractivity contribution is 5.14. The van der Waals surface area contributed by atoms with Gasteiger partial charge in [0.2, 0.25) is 5.92 Å². The number of rotatable bonds is 4. The number of nitrogens with two attached hydrogens (primary N) is 1. The molecule has 1 fully saturated rings. The van der Waals surface area contributed by atoms with E-state index in [0.29, 0.717) is 6.42 Å². The zero-order valence-electron chi connectivity index (χ0n) is 10.6. The van der Waals surface area contributed by atoms with Gasteiger partial charge < -0.3 is 5.73 Å². The maximum absolute atomic E-state index is 13.3. The lowest BCUT2D eigenvalue weighted by Gasteiger charge is -2.32. The Hall–Kier alpha value is -0.960. The summed E-state index contributed by atoms with van der Waals surface area (Å²) in [5, 5.41) is 0. The average molecular weight is 253 g/mol. The van der Waals surface area contributed by atoms with Crippen LogP contribution < -0.4 is 5.73 Å². The Bertz CT molecular complexity index is 364. The molecule has 1 aromatic carbocycles. The van der Waals surface area contributed by atoms with Crippen LogP contribution in [0.5, 0.6) is 0 Å². The van der Waals surface area contributed by atoms with Crippen molar-refractivity contribution in [1.82, 2.24) is 0 Å². The summed E-state index contributed by atoms with van der Waals surface area (Å²) in [6, 6.07) is 9.98. The standard InChI is InChI=1S/C15H21F2N/c16-15(17)10-4-7-13(11-15)14(18)9-8-12-5-2-1-3-6-12/h1-3,5-6,13-14H,4,7-11,18H2. The quantitative estimate of drug-likeness (QED) is 0.868. The van der Waals surface area contributed by atoms with E-state index in [2.05, 4.69) is 12.1 Å². The molecule has 2 atom stereocenters. The van der Waals surface area contributed by atoms with E-state index in [-0.39, 0.29) is 24.8 Å². The summed E-state index contributed by atoms with van der Waals surface area (Å²) in [4.78, 5) is 0. The SMILES string of the molecule is NC(CCc1ccccc1)C1CCCC(F)(F)C1. The van der Waals surface area contributed by atoms with Crippen molar-refractivity contribution in [3.8, 4) is 0 Å². The molecular weight excluding hydrogens is 232 g/mol. The van der Waals surface area contributed by atoms with Gasteiger partial charge in [0.05, 0.1) is 0 Å². The number of halogens is 2. The van der Waals surface area contributed by atoms with E-state index in [1.54, 1.807) is 0 Å². The molecule has 18 heavy (non-hydrogen) atoms. The van der Waals surface area contributed by atoms with Crippen molar-refractivity contribution in [3.05, 3.63) is 35.9 Å². The van der Waals surface area contributed by atoms with Crippen LogP contribution in [-0.4, -0.2) is 12.0 Å². The molecule has 2 N–H and O–H groups in total. The van der Waals surface area contributed by atoms with Crippen molar-refractivity contribution in [1.29, 1.82) is 0 Å². The number of benzene rings is 1. The first kappa shape index (κ1) is 13.5. The number of alkyl halides is 2. The van der Waals surface area contributed by atoms with E-state index in [9.17, 15) is 8.78 Å². The third-order valence-corrected chi connectivity index (χ3v) is 3.89. The van der Waals surface area contributed by atoms with Crippen LogP contribution in [0, 0.1) is 5.92 Å². The Balaban J connectivity index is 1.83. The summed E-state index contributed by atoms with van der Waals surface area (Å²) in [5.41, 5.74) is 7.32. The molecule has 1 aliphatic rings. The minimum absolute atomic E-state index is 0.0162. The zero-order chi connectivity index (χ0) is 13.0. The highest BCUT2D eigenvalue weighted by Gasteiger charge is 2.38. The molecule has 0 bridgehead atoms. The van der Waals surface area contributed by atoms with Crippen LogP contribution in [0.1, 0.15) is 37.7 Å².